The lowest BCUT2D eigenvalue weighted by Gasteiger charge is -2.50. The SMILES string of the molecule is C#CCN1C(=O)N=C(N)C12CC(C(C)C)C2. The Kier molecular flexibility index (Phi) is 2.42. The number of carbonyl (C=O) groups is 1. The van der Waals surface area contributed by atoms with E-state index in [-0.39, 0.29) is 11.6 Å². The first-order valence-corrected chi connectivity index (χ1v) is 5.61. The lowest BCUT2D eigenvalue weighted by molar-refractivity contribution is 0.0528. The summed E-state index contributed by atoms with van der Waals surface area (Å²) in [4.78, 5) is 17.1. The van der Waals surface area contributed by atoms with Gasteiger partial charge in [-0.25, -0.2) is 4.79 Å². The predicted octanol–water partition coefficient (Wildman–Crippen LogP) is 1.22. The molecule has 2 aliphatic rings. The number of rotatable bonds is 2. The molecule has 0 radical (unpaired) electrons. The van der Waals surface area contributed by atoms with Gasteiger partial charge in [-0.05, 0) is 24.7 Å². The molecule has 1 saturated carbocycles. The van der Waals surface area contributed by atoms with Crippen LogP contribution in [0.1, 0.15) is 26.7 Å². The van der Waals surface area contributed by atoms with E-state index in [1.54, 1.807) is 4.90 Å². The Bertz CT molecular complexity index is 386. The van der Waals surface area contributed by atoms with Gasteiger partial charge in [0, 0.05) is 0 Å². The van der Waals surface area contributed by atoms with Gasteiger partial charge in [-0.3, -0.25) is 4.90 Å². The van der Waals surface area contributed by atoms with Crippen LogP contribution in [0.5, 0.6) is 0 Å². The summed E-state index contributed by atoms with van der Waals surface area (Å²) in [5, 5.41) is 0. The Morgan fingerprint density at radius 3 is 2.81 bits per heavy atom. The summed E-state index contributed by atoms with van der Waals surface area (Å²) in [6.07, 6.45) is 7.07. The highest BCUT2D eigenvalue weighted by Gasteiger charge is 2.56. The zero-order chi connectivity index (χ0) is 11.9. The second kappa shape index (κ2) is 3.51. The van der Waals surface area contributed by atoms with Gasteiger partial charge in [-0.15, -0.1) is 6.42 Å². The van der Waals surface area contributed by atoms with Crippen molar-refractivity contribution < 1.29 is 4.79 Å². The Morgan fingerprint density at radius 2 is 2.31 bits per heavy atom. The molecule has 0 atom stereocenters. The average molecular weight is 219 g/mol. The first-order chi connectivity index (χ1) is 7.51. The van der Waals surface area contributed by atoms with E-state index in [1.165, 1.54) is 0 Å². The molecule has 0 unspecified atom stereocenters. The average Bonchev–Trinajstić information content (AvgIpc) is 2.36. The molecule has 4 heteroatoms. The van der Waals surface area contributed by atoms with Gasteiger partial charge < -0.3 is 5.73 Å². The first-order valence-electron chi connectivity index (χ1n) is 5.61. The molecule has 16 heavy (non-hydrogen) atoms. The maximum Gasteiger partial charge on any atom is 0.346 e. The van der Waals surface area contributed by atoms with Gasteiger partial charge in [-0.2, -0.15) is 4.99 Å². The molecule has 0 saturated heterocycles. The van der Waals surface area contributed by atoms with Gasteiger partial charge in [0.1, 0.15) is 11.4 Å². The van der Waals surface area contributed by atoms with Crippen LogP contribution in [0, 0.1) is 24.2 Å². The van der Waals surface area contributed by atoms with Crippen molar-refractivity contribution in [2.45, 2.75) is 32.2 Å². The lowest BCUT2D eigenvalue weighted by atomic mass is 9.63. The molecule has 1 aliphatic carbocycles. The first kappa shape index (κ1) is 11.0. The third-order valence-electron chi connectivity index (χ3n) is 3.83. The van der Waals surface area contributed by atoms with E-state index in [4.69, 9.17) is 12.2 Å². The van der Waals surface area contributed by atoms with Crippen LogP contribution in [0.3, 0.4) is 0 Å². The van der Waals surface area contributed by atoms with E-state index in [1.807, 2.05) is 0 Å². The van der Waals surface area contributed by atoms with Gasteiger partial charge in [0.05, 0.1) is 6.54 Å². The second-order valence-electron chi connectivity index (χ2n) is 5.01. The number of aliphatic imine (C=N–C) groups is 1. The van der Waals surface area contributed by atoms with Crippen LogP contribution in [-0.4, -0.2) is 28.9 Å². The normalized spacial score (nSPS) is 32.9. The van der Waals surface area contributed by atoms with Gasteiger partial charge >= 0.3 is 6.03 Å². The van der Waals surface area contributed by atoms with Gasteiger partial charge in [0.25, 0.3) is 0 Å². The van der Waals surface area contributed by atoms with Crippen molar-refractivity contribution in [1.82, 2.24) is 4.90 Å². The van der Waals surface area contributed by atoms with Crippen molar-refractivity contribution in [3.05, 3.63) is 0 Å². The van der Waals surface area contributed by atoms with Crippen LogP contribution in [0.2, 0.25) is 0 Å². The molecular formula is C12H17N3O. The molecule has 86 valence electrons. The third kappa shape index (κ3) is 1.31. The maximum absolute atomic E-state index is 11.6. The smallest absolute Gasteiger partial charge is 0.346 e. The lowest BCUT2D eigenvalue weighted by Crippen LogP contribution is -2.62. The Hall–Kier alpha value is -1.50. The molecule has 2 rings (SSSR count). The summed E-state index contributed by atoms with van der Waals surface area (Å²) in [6.45, 7) is 4.67. The van der Waals surface area contributed by atoms with Crippen molar-refractivity contribution in [1.29, 1.82) is 0 Å². The highest BCUT2D eigenvalue weighted by atomic mass is 16.2. The number of nitrogens with zero attached hydrogens (tertiary/aromatic N) is 2. The van der Waals surface area contributed by atoms with Crippen molar-refractivity contribution in [2.24, 2.45) is 22.6 Å². The third-order valence-corrected chi connectivity index (χ3v) is 3.83. The molecule has 0 bridgehead atoms. The Morgan fingerprint density at radius 1 is 1.69 bits per heavy atom. The van der Waals surface area contributed by atoms with Crippen LogP contribution in [0.15, 0.2) is 4.99 Å². The highest BCUT2D eigenvalue weighted by Crippen LogP contribution is 2.48. The van der Waals surface area contributed by atoms with Crippen LogP contribution in [0.4, 0.5) is 4.79 Å². The number of carbonyl (C=O) groups excluding carboxylic acids is 1. The molecule has 4 nitrogen and oxygen atoms in total. The number of nitrogens with two attached hydrogens (primary N) is 1. The summed E-state index contributed by atoms with van der Waals surface area (Å²) >= 11 is 0. The molecule has 2 amide bonds. The van der Waals surface area contributed by atoms with Crippen molar-refractivity contribution in [3.63, 3.8) is 0 Å². The molecule has 2 N–H and O–H groups in total. The number of hydrogen-bond donors (Lipinski definition) is 1. The fourth-order valence-electron chi connectivity index (χ4n) is 2.61. The molecular weight excluding hydrogens is 202 g/mol. The van der Waals surface area contributed by atoms with Crippen molar-refractivity contribution in [2.75, 3.05) is 6.54 Å². The van der Waals surface area contributed by atoms with Gasteiger partial charge in [0.15, 0.2) is 0 Å². The molecule has 1 aliphatic heterocycles. The topological polar surface area (TPSA) is 58.7 Å². The zero-order valence-corrected chi connectivity index (χ0v) is 9.73. The van der Waals surface area contributed by atoms with E-state index in [2.05, 4.69) is 24.8 Å². The standard InChI is InChI=1S/C12H17N3O/c1-4-5-15-11(16)14-10(13)12(15)6-9(7-12)8(2)3/h1,8-9H,5-7H2,2-3H3,(H2,13,14,16). The molecule has 1 spiro atoms. The van der Waals surface area contributed by atoms with Gasteiger partial charge in [0.2, 0.25) is 0 Å². The maximum atomic E-state index is 11.6. The number of hydrogen-bond acceptors (Lipinski definition) is 2. The van der Waals surface area contributed by atoms with Crippen molar-refractivity contribution >= 4 is 11.9 Å². The number of urea groups is 1. The van der Waals surface area contributed by atoms with Crippen molar-refractivity contribution in [3.8, 4) is 12.3 Å². The number of terminal acetylenes is 1. The minimum absolute atomic E-state index is 0.280. The summed E-state index contributed by atoms with van der Waals surface area (Å²) in [5.74, 6) is 4.18. The summed E-state index contributed by atoms with van der Waals surface area (Å²) < 4.78 is 0. The Balaban J connectivity index is 2.18. The summed E-state index contributed by atoms with van der Waals surface area (Å²) in [7, 11) is 0. The quantitative estimate of drug-likeness (QED) is 0.710. The van der Waals surface area contributed by atoms with Crippen LogP contribution >= 0.6 is 0 Å². The monoisotopic (exact) mass is 219 g/mol. The molecule has 0 aromatic rings. The van der Waals surface area contributed by atoms with E-state index in [9.17, 15) is 4.79 Å². The van der Waals surface area contributed by atoms with E-state index < -0.39 is 0 Å². The highest BCUT2D eigenvalue weighted by molar-refractivity contribution is 6.06. The molecule has 1 fully saturated rings. The van der Waals surface area contributed by atoms with Crippen LogP contribution in [-0.2, 0) is 0 Å². The van der Waals surface area contributed by atoms with E-state index in [0.29, 0.717) is 24.2 Å². The fourth-order valence-corrected chi connectivity index (χ4v) is 2.61. The number of amidine groups is 1. The van der Waals surface area contributed by atoms with E-state index >= 15 is 0 Å². The minimum Gasteiger partial charge on any atom is -0.385 e. The van der Waals surface area contributed by atoms with Crippen LogP contribution in [0.25, 0.3) is 0 Å². The van der Waals surface area contributed by atoms with E-state index in [0.717, 1.165) is 12.8 Å². The number of amides is 2. The minimum atomic E-state index is -0.363. The molecule has 1 heterocycles. The zero-order valence-electron chi connectivity index (χ0n) is 9.73. The largest absolute Gasteiger partial charge is 0.385 e. The molecule has 0 aromatic heterocycles. The van der Waals surface area contributed by atoms with Crippen LogP contribution < -0.4 is 5.73 Å². The van der Waals surface area contributed by atoms with Gasteiger partial charge in [-0.1, -0.05) is 19.8 Å². The summed E-state index contributed by atoms with van der Waals surface area (Å²) in [5.41, 5.74) is 5.50. The predicted molar refractivity (Wildman–Crippen MR) is 62.9 cm³/mol. The second-order valence-corrected chi connectivity index (χ2v) is 5.01. The summed E-state index contributed by atoms with van der Waals surface area (Å²) in [6, 6.07) is -0.280. The fraction of sp³-hybridized carbons (Fsp3) is 0.667. The molecule has 0 aromatic carbocycles. The Labute approximate surface area is 95.9 Å².